The van der Waals surface area contributed by atoms with Crippen LogP contribution < -0.4 is 5.73 Å². The van der Waals surface area contributed by atoms with Crippen LogP contribution in [0.1, 0.15) is 5.56 Å². The van der Waals surface area contributed by atoms with E-state index in [9.17, 15) is 4.79 Å². The van der Waals surface area contributed by atoms with Gasteiger partial charge in [0, 0.05) is 13.1 Å². The standard InChI is InChI=1S/C12H10Cl2N2OS2.ClH/c13-8-2-1-7(5-9(8)14)6-10-11(17)16(4-3-15)12(18)19-10;/h1-2,5-6H,3-4,15H2;1H. The summed E-state index contributed by atoms with van der Waals surface area (Å²) in [5, 5.41) is 0.933. The zero-order chi connectivity index (χ0) is 14.0. The van der Waals surface area contributed by atoms with E-state index in [1.165, 1.54) is 16.7 Å². The molecule has 0 atom stereocenters. The molecular formula is C12H11Cl3N2OS2. The molecule has 1 fully saturated rings. The highest BCUT2D eigenvalue weighted by molar-refractivity contribution is 8.26. The van der Waals surface area contributed by atoms with Crippen molar-refractivity contribution in [2.24, 2.45) is 5.73 Å². The summed E-state index contributed by atoms with van der Waals surface area (Å²) in [7, 11) is 0. The molecule has 0 spiro atoms. The van der Waals surface area contributed by atoms with Gasteiger partial charge in [0.2, 0.25) is 0 Å². The summed E-state index contributed by atoms with van der Waals surface area (Å²) in [5.74, 6) is -0.119. The van der Waals surface area contributed by atoms with Gasteiger partial charge in [-0.05, 0) is 23.8 Å². The Kier molecular flexibility index (Phi) is 6.78. The number of hydrogen-bond acceptors (Lipinski definition) is 4. The molecule has 2 rings (SSSR count). The number of nitrogens with two attached hydrogens (primary N) is 1. The molecular weight excluding hydrogens is 359 g/mol. The lowest BCUT2D eigenvalue weighted by atomic mass is 10.2. The van der Waals surface area contributed by atoms with Gasteiger partial charge in [-0.3, -0.25) is 9.69 Å². The Labute approximate surface area is 142 Å². The Morgan fingerprint density at radius 3 is 2.65 bits per heavy atom. The van der Waals surface area contributed by atoms with Crippen molar-refractivity contribution in [2.75, 3.05) is 13.1 Å². The monoisotopic (exact) mass is 368 g/mol. The highest BCUT2D eigenvalue weighted by Gasteiger charge is 2.31. The number of halogens is 3. The van der Waals surface area contributed by atoms with Gasteiger partial charge in [-0.1, -0.05) is 53.2 Å². The van der Waals surface area contributed by atoms with Gasteiger partial charge in [-0.25, -0.2) is 0 Å². The Hall–Kier alpha value is -0.300. The van der Waals surface area contributed by atoms with E-state index in [1.807, 2.05) is 0 Å². The van der Waals surface area contributed by atoms with Crippen molar-refractivity contribution in [1.29, 1.82) is 0 Å². The molecule has 0 saturated carbocycles. The van der Waals surface area contributed by atoms with Crippen LogP contribution in [0.2, 0.25) is 10.0 Å². The largest absolute Gasteiger partial charge is 0.329 e. The van der Waals surface area contributed by atoms with Crippen LogP contribution in [0.15, 0.2) is 23.1 Å². The van der Waals surface area contributed by atoms with E-state index >= 15 is 0 Å². The highest BCUT2D eigenvalue weighted by Crippen LogP contribution is 2.33. The minimum atomic E-state index is -0.119. The average molecular weight is 370 g/mol. The fraction of sp³-hybridized carbons (Fsp3) is 0.167. The van der Waals surface area contributed by atoms with E-state index in [0.717, 1.165) is 5.56 Å². The molecule has 108 valence electrons. The van der Waals surface area contributed by atoms with E-state index < -0.39 is 0 Å². The molecule has 1 aliphatic rings. The van der Waals surface area contributed by atoms with Gasteiger partial charge in [0.25, 0.3) is 5.91 Å². The SMILES string of the molecule is Cl.NCCN1C(=O)C(=Cc2ccc(Cl)c(Cl)c2)SC1=S. The number of nitrogens with zero attached hydrogens (tertiary/aromatic N) is 1. The molecule has 1 amide bonds. The van der Waals surface area contributed by atoms with Gasteiger partial charge >= 0.3 is 0 Å². The fourth-order valence-electron chi connectivity index (χ4n) is 1.58. The van der Waals surface area contributed by atoms with Gasteiger partial charge in [-0.15, -0.1) is 12.4 Å². The minimum absolute atomic E-state index is 0. The van der Waals surface area contributed by atoms with Crippen LogP contribution in [-0.2, 0) is 4.79 Å². The number of amides is 1. The second kappa shape index (κ2) is 7.64. The first-order valence-electron chi connectivity index (χ1n) is 5.43. The summed E-state index contributed by atoms with van der Waals surface area (Å²) in [6.45, 7) is 0.815. The summed E-state index contributed by atoms with van der Waals surface area (Å²) in [6, 6.07) is 5.19. The van der Waals surface area contributed by atoms with Gasteiger partial charge in [0.1, 0.15) is 4.32 Å². The summed E-state index contributed by atoms with van der Waals surface area (Å²) in [4.78, 5) is 14.2. The molecule has 1 aromatic carbocycles. The number of carbonyl (C=O) groups excluding carboxylic acids is 1. The first-order chi connectivity index (χ1) is 9.02. The van der Waals surface area contributed by atoms with Crippen LogP contribution in [0.25, 0.3) is 6.08 Å². The van der Waals surface area contributed by atoms with E-state index in [0.29, 0.717) is 32.4 Å². The van der Waals surface area contributed by atoms with Crippen molar-refractivity contribution in [1.82, 2.24) is 4.90 Å². The van der Waals surface area contributed by atoms with Crippen molar-refractivity contribution in [2.45, 2.75) is 0 Å². The third kappa shape index (κ3) is 3.87. The maximum absolute atomic E-state index is 12.1. The summed E-state index contributed by atoms with van der Waals surface area (Å²) < 4.78 is 0.529. The predicted octanol–water partition coefficient (Wildman–Crippen LogP) is 3.58. The van der Waals surface area contributed by atoms with Crippen LogP contribution >= 0.6 is 59.6 Å². The number of rotatable bonds is 3. The predicted molar refractivity (Wildman–Crippen MR) is 92.6 cm³/mol. The normalized spacial score (nSPS) is 16.8. The zero-order valence-corrected chi connectivity index (χ0v) is 14.1. The van der Waals surface area contributed by atoms with Gasteiger partial charge in [0.05, 0.1) is 15.0 Å². The molecule has 1 heterocycles. The molecule has 1 saturated heterocycles. The number of carbonyl (C=O) groups is 1. The molecule has 1 aliphatic heterocycles. The Bertz CT molecular complexity index is 578. The van der Waals surface area contributed by atoms with Crippen LogP contribution in [0.3, 0.4) is 0 Å². The number of thioether (sulfide) groups is 1. The summed E-state index contributed by atoms with van der Waals surface area (Å²) >= 11 is 18.2. The third-order valence-corrected chi connectivity index (χ3v) is 4.58. The highest BCUT2D eigenvalue weighted by atomic mass is 35.5. The smallest absolute Gasteiger partial charge is 0.266 e. The average Bonchev–Trinajstić information content (AvgIpc) is 2.62. The molecule has 0 aliphatic carbocycles. The van der Waals surface area contributed by atoms with E-state index in [1.54, 1.807) is 24.3 Å². The van der Waals surface area contributed by atoms with Crippen molar-refractivity contribution in [3.05, 3.63) is 38.7 Å². The first kappa shape index (κ1) is 17.8. The summed E-state index contributed by atoms with van der Waals surface area (Å²) in [6.07, 6.45) is 1.75. The topological polar surface area (TPSA) is 46.3 Å². The quantitative estimate of drug-likeness (QED) is 0.653. The van der Waals surface area contributed by atoms with Crippen molar-refractivity contribution < 1.29 is 4.79 Å². The summed E-state index contributed by atoms with van der Waals surface area (Å²) in [5.41, 5.74) is 6.26. The number of thiocarbonyl (C=S) groups is 1. The minimum Gasteiger partial charge on any atom is -0.329 e. The Morgan fingerprint density at radius 2 is 2.05 bits per heavy atom. The molecule has 0 bridgehead atoms. The van der Waals surface area contributed by atoms with Gasteiger partial charge in [0.15, 0.2) is 0 Å². The maximum Gasteiger partial charge on any atom is 0.266 e. The molecule has 20 heavy (non-hydrogen) atoms. The molecule has 2 N–H and O–H groups in total. The van der Waals surface area contributed by atoms with Crippen molar-refractivity contribution in [3.63, 3.8) is 0 Å². The van der Waals surface area contributed by atoms with E-state index in [2.05, 4.69) is 0 Å². The lowest BCUT2D eigenvalue weighted by Gasteiger charge is -2.11. The van der Waals surface area contributed by atoms with Crippen LogP contribution in [0, 0.1) is 0 Å². The van der Waals surface area contributed by atoms with Crippen LogP contribution in [-0.4, -0.2) is 28.2 Å². The maximum atomic E-state index is 12.1. The number of hydrogen-bond donors (Lipinski definition) is 1. The third-order valence-electron chi connectivity index (χ3n) is 2.47. The fourth-order valence-corrected chi connectivity index (χ4v) is 3.19. The molecule has 0 radical (unpaired) electrons. The van der Waals surface area contributed by atoms with Gasteiger partial charge < -0.3 is 5.73 Å². The van der Waals surface area contributed by atoms with Crippen molar-refractivity contribution >= 4 is 75.9 Å². The Balaban J connectivity index is 0.00000200. The van der Waals surface area contributed by atoms with Crippen LogP contribution in [0.5, 0.6) is 0 Å². The Morgan fingerprint density at radius 1 is 1.35 bits per heavy atom. The lowest BCUT2D eigenvalue weighted by Crippen LogP contribution is -2.32. The van der Waals surface area contributed by atoms with E-state index in [4.69, 9.17) is 41.2 Å². The number of benzene rings is 1. The molecule has 8 heteroatoms. The second-order valence-corrected chi connectivity index (χ2v) is 6.29. The van der Waals surface area contributed by atoms with Crippen LogP contribution in [0.4, 0.5) is 0 Å². The van der Waals surface area contributed by atoms with Crippen molar-refractivity contribution in [3.8, 4) is 0 Å². The van der Waals surface area contributed by atoms with E-state index in [-0.39, 0.29) is 18.3 Å². The van der Waals surface area contributed by atoms with Gasteiger partial charge in [-0.2, -0.15) is 0 Å². The second-order valence-electron chi connectivity index (χ2n) is 3.80. The first-order valence-corrected chi connectivity index (χ1v) is 7.41. The molecule has 3 nitrogen and oxygen atoms in total. The molecule has 0 aromatic heterocycles. The molecule has 1 aromatic rings. The lowest BCUT2D eigenvalue weighted by molar-refractivity contribution is -0.122. The molecule has 0 unspecified atom stereocenters. The zero-order valence-electron chi connectivity index (χ0n) is 10.1.